The molecule has 0 spiro atoms. The number of carbonyl (C=O) groups excluding carboxylic acids is 3. The maximum Gasteiger partial charge on any atom is 0.303 e. The van der Waals surface area contributed by atoms with Gasteiger partial charge in [-0.1, -0.05) is 11.6 Å². The van der Waals surface area contributed by atoms with Crippen molar-refractivity contribution in [2.75, 3.05) is 5.75 Å². The SMILES string of the molecule is CC(=O)O[C@@H]1[C@@H](OC(C)=O)[C@@H](Oc2cncc(-c3ncccc3Cl)c2)SC[C@H]1OC(C)=O. The summed E-state index contributed by atoms with van der Waals surface area (Å²) in [6.07, 6.45) is 1.83. The van der Waals surface area contributed by atoms with Gasteiger partial charge in [0, 0.05) is 44.5 Å². The monoisotopic (exact) mass is 480 g/mol. The van der Waals surface area contributed by atoms with Gasteiger partial charge in [-0.25, -0.2) is 0 Å². The first-order valence-electron chi connectivity index (χ1n) is 9.60. The molecule has 4 atom stereocenters. The summed E-state index contributed by atoms with van der Waals surface area (Å²) in [4.78, 5) is 43.4. The van der Waals surface area contributed by atoms with Crippen molar-refractivity contribution in [1.82, 2.24) is 9.97 Å². The number of nitrogens with zero attached hydrogens (tertiary/aromatic N) is 2. The van der Waals surface area contributed by atoms with E-state index in [1.165, 1.54) is 38.7 Å². The Morgan fingerprint density at radius 1 is 1.03 bits per heavy atom. The highest BCUT2D eigenvalue weighted by molar-refractivity contribution is 7.99. The lowest BCUT2D eigenvalue weighted by atomic mass is 10.1. The first kappa shape index (κ1) is 23.8. The molecule has 9 nitrogen and oxygen atoms in total. The highest BCUT2D eigenvalue weighted by Crippen LogP contribution is 2.35. The molecule has 32 heavy (non-hydrogen) atoms. The molecule has 1 aliphatic rings. The van der Waals surface area contributed by atoms with E-state index in [0.717, 1.165) is 0 Å². The van der Waals surface area contributed by atoms with Gasteiger partial charge in [0.15, 0.2) is 23.7 Å². The zero-order chi connectivity index (χ0) is 23.3. The third kappa shape index (κ3) is 6.10. The molecule has 2 aromatic heterocycles. The van der Waals surface area contributed by atoms with Gasteiger partial charge < -0.3 is 18.9 Å². The maximum absolute atomic E-state index is 11.8. The number of rotatable bonds is 6. The molecule has 0 aliphatic carbocycles. The first-order valence-corrected chi connectivity index (χ1v) is 11.0. The lowest BCUT2D eigenvalue weighted by molar-refractivity contribution is -0.186. The number of hydrogen-bond donors (Lipinski definition) is 0. The lowest BCUT2D eigenvalue weighted by Crippen LogP contribution is -2.55. The molecule has 1 fully saturated rings. The molecule has 3 heterocycles. The fourth-order valence-corrected chi connectivity index (χ4v) is 4.60. The standard InChI is InChI=1S/C21H21ClN2O7S/c1-11(25)28-17-10-32-21(20(30-13(3)27)19(17)29-12(2)26)31-15-7-14(8-23-9-15)18-16(22)5-4-6-24-18/h4-9,17,19-21H,10H2,1-3H3/t17-,19+,20-,21+/m1/s1. The molecule has 3 rings (SSSR count). The van der Waals surface area contributed by atoms with E-state index in [9.17, 15) is 14.4 Å². The minimum absolute atomic E-state index is 0.263. The summed E-state index contributed by atoms with van der Waals surface area (Å²) in [6.45, 7) is 3.70. The quantitative estimate of drug-likeness (QED) is 0.451. The lowest BCUT2D eigenvalue weighted by Gasteiger charge is -2.39. The Hall–Kier alpha value is -2.85. The second-order valence-corrected chi connectivity index (χ2v) is 8.40. The zero-order valence-corrected chi connectivity index (χ0v) is 19.1. The van der Waals surface area contributed by atoms with Gasteiger partial charge in [-0.05, 0) is 18.2 Å². The Balaban J connectivity index is 1.88. The number of ether oxygens (including phenoxy) is 4. The van der Waals surface area contributed by atoms with Crippen LogP contribution in [0.4, 0.5) is 0 Å². The second-order valence-electron chi connectivity index (χ2n) is 6.86. The minimum Gasteiger partial charge on any atom is -0.474 e. The van der Waals surface area contributed by atoms with Crippen molar-refractivity contribution >= 4 is 41.3 Å². The Kier molecular flexibility index (Phi) is 7.92. The van der Waals surface area contributed by atoms with Gasteiger partial charge in [-0.15, -0.1) is 11.8 Å². The van der Waals surface area contributed by atoms with Gasteiger partial charge in [0.1, 0.15) is 5.75 Å². The van der Waals surface area contributed by atoms with Crippen molar-refractivity contribution in [3.05, 3.63) is 41.8 Å². The van der Waals surface area contributed by atoms with E-state index < -0.39 is 41.7 Å². The van der Waals surface area contributed by atoms with Crippen molar-refractivity contribution in [2.24, 2.45) is 0 Å². The van der Waals surface area contributed by atoms with Crippen LogP contribution < -0.4 is 4.74 Å². The van der Waals surface area contributed by atoms with Gasteiger partial charge in [-0.2, -0.15) is 0 Å². The molecular formula is C21H21ClN2O7S. The summed E-state index contributed by atoms with van der Waals surface area (Å²) < 4.78 is 22.1. The number of thioether (sulfide) groups is 1. The predicted octanol–water partition coefficient (Wildman–Crippen LogP) is 3.04. The molecule has 0 unspecified atom stereocenters. The summed E-state index contributed by atoms with van der Waals surface area (Å²) in [7, 11) is 0. The Bertz CT molecular complexity index is 1010. The van der Waals surface area contributed by atoms with E-state index in [1.807, 2.05) is 0 Å². The van der Waals surface area contributed by atoms with Crippen molar-refractivity contribution in [3.8, 4) is 17.0 Å². The molecule has 0 aromatic carbocycles. The summed E-state index contributed by atoms with van der Waals surface area (Å²) in [6, 6.07) is 5.13. The molecular weight excluding hydrogens is 460 g/mol. The van der Waals surface area contributed by atoms with Gasteiger partial charge in [0.25, 0.3) is 0 Å². The number of carbonyl (C=O) groups is 3. The smallest absolute Gasteiger partial charge is 0.303 e. The van der Waals surface area contributed by atoms with E-state index >= 15 is 0 Å². The van der Waals surface area contributed by atoms with Crippen LogP contribution in [-0.4, -0.2) is 57.4 Å². The second kappa shape index (κ2) is 10.6. The van der Waals surface area contributed by atoms with Crippen molar-refractivity contribution < 1.29 is 33.3 Å². The van der Waals surface area contributed by atoms with Gasteiger partial charge in [0.05, 0.1) is 16.9 Å². The van der Waals surface area contributed by atoms with E-state index in [1.54, 1.807) is 30.6 Å². The van der Waals surface area contributed by atoms with Gasteiger partial charge in [-0.3, -0.25) is 24.4 Å². The minimum atomic E-state index is -1.03. The molecule has 1 aliphatic heterocycles. The number of aromatic nitrogens is 2. The van der Waals surface area contributed by atoms with Crippen LogP contribution in [0.2, 0.25) is 5.02 Å². The van der Waals surface area contributed by atoms with Crippen LogP contribution in [0.25, 0.3) is 11.3 Å². The topological polar surface area (TPSA) is 114 Å². The number of esters is 3. The Labute approximate surface area is 193 Å². The molecule has 0 N–H and O–H groups in total. The largest absolute Gasteiger partial charge is 0.474 e. The van der Waals surface area contributed by atoms with Crippen molar-refractivity contribution in [1.29, 1.82) is 0 Å². The average molecular weight is 481 g/mol. The summed E-state index contributed by atoms with van der Waals surface area (Å²) in [5.74, 6) is -1.12. The third-order valence-electron chi connectivity index (χ3n) is 4.30. The fourth-order valence-electron chi connectivity index (χ4n) is 3.15. The normalized spacial score (nSPS) is 22.5. The van der Waals surface area contributed by atoms with E-state index in [0.29, 0.717) is 22.0 Å². The maximum atomic E-state index is 11.8. The number of hydrogen-bond acceptors (Lipinski definition) is 10. The number of pyridine rings is 2. The van der Waals surface area contributed by atoms with E-state index in [-0.39, 0.29) is 5.75 Å². The van der Waals surface area contributed by atoms with Crippen LogP contribution in [0.3, 0.4) is 0 Å². The van der Waals surface area contributed by atoms with Crippen LogP contribution in [-0.2, 0) is 28.6 Å². The highest BCUT2D eigenvalue weighted by Gasteiger charge is 2.47. The van der Waals surface area contributed by atoms with Crippen LogP contribution >= 0.6 is 23.4 Å². The molecule has 0 amide bonds. The van der Waals surface area contributed by atoms with Crippen LogP contribution in [0.15, 0.2) is 36.8 Å². The van der Waals surface area contributed by atoms with Crippen molar-refractivity contribution in [3.63, 3.8) is 0 Å². The predicted molar refractivity (Wildman–Crippen MR) is 116 cm³/mol. The van der Waals surface area contributed by atoms with Crippen LogP contribution in [0.1, 0.15) is 20.8 Å². The molecule has 1 saturated heterocycles. The van der Waals surface area contributed by atoms with Gasteiger partial charge in [0.2, 0.25) is 0 Å². The molecule has 11 heteroatoms. The molecule has 2 aromatic rings. The first-order chi connectivity index (χ1) is 15.2. The van der Waals surface area contributed by atoms with E-state index in [2.05, 4.69) is 9.97 Å². The van der Waals surface area contributed by atoms with Crippen LogP contribution in [0, 0.1) is 0 Å². The van der Waals surface area contributed by atoms with Crippen molar-refractivity contribution in [2.45, 2.75) is 44.5 Å². The number of halogens is 1. The van der Waals surface area contributed by atoms with Gasteiger partial charge >= 0.3 is 17.9 Å². The Morgan fingerprint density at radius 2 is 1.72 bits per heavy atom. The summed E-state index contributed by atoms with van der Waals surface area (Å²) in [5, 5.41) is 0.454. The van der Waals surface area contributed by atoms with Crippen LogP contribution in [0.5, 0.6) is 5.75 Å². The summed E-state index contributed by atoms with van der Waals surface area (Å²) >= 11 is 7.48. The molecule has 0 bridgehead atoms. The third-order valence-corrected chi connectivity index (χ3v) is 5.82. The molecule has 0 saturated carbocycles. The molecule has 170 valence electrons. The molecule has 0 radical (unpaired) electrons. The average Bonchev–Trinajstić information content (AvgIpc) is 2.72. The Morgan fingerprint density at radius 3 is 2.38 bits per heavy atom. The summed E-state index contributed by atoms with van der Waals surface area (Å²) in [5.41, 5.74) is 0.409. The highest BCUT2D eigenvalue weighted by atomic mass is 35.5. The fraction of sp³-hybridized carbons (Fsp3) is 0.381. The zero-order valence-electron chi connectivity index (χ0n) is 17.5. The van der Waals surface area contributed by atoms with E-state index in [4.69, 9.17) is 30.5 Å².